The Labute approximate surface area is 117 Å². The van der Waals surface area contributed by atoms with Gasteiger partial charge in [0.25, 0.3) is 6.43 Å². The molecule has 1 aliphatic heterocycles. The monoisotopic (exact) mass is 273 g/mol. The van der Waals surface area contributed by atoms with Crippen LogP contribution < -0.4 is 4.90 Å². The van der Waals surface area contributed by atoms with Gasteiger partial charge in [0, 0.05) is 12.2 Å². The molecule has 3 rings (SSSR count). The van der Waals surface area contributed by atoms with Crippen molar-refractivity contribution in [1.82, 2.24) is 0 Å². The van der Waals surface area contributed by atoms with Crippen molar-refractivity contribution in [3.63, 3.8) is 0 Å². The van der Waals surface area contributed by atoms with Gasteiger partial charge in [-0.1, -0.05) is 42.0 Å². The quantitative estimate of drug-likeness (QED) is 0.785. The summed E-state index contributed by atoms with van der Waals surface area (Å²) in [7, 11) is 0. The highest BCUT2D eigenvalue weighted by molar-refractivity contribution is 5.53. The second kappa shape index (κ2) is 5.23. The zero-order chi connectivity index (χ0) is 14.1. The van der Waals surface area contributed by atoms with Crippen molar-refractivity contribution in [3.8, 4) is 0 Å². The third kappa shape index (κ3) is 2.28. The fraction of sp³-hybridized carbons (Fsp3) is 0.294. The van der Waals surface area contributed by atoms with Crippen LogP contribution >= 0.6 is 0 Å². The van der Waals surface area contributed by atoms with E-state index in [1.807, 2.05) is 60.4 Å². The summed E-state index contributed by atoms with van der Waals surface area (Å²) in [5, 5.41) is 0. The molecule has 1 aliphatic rings. The summed E-state index contributed by atoms with van der Waals surface area (Å²) in [6.07, 6.45) is -1.58. The molecule has 0 fully saturated rings. The average Bonchev–Trinajstić information content (AvgIpc) is 2.46. The van der Waals surface area contributed by atoms with Crippen molar-refractivity contribution in [2.75, 3.05) is 11.4 Å². The second-order valence-corrected chi connectivity index (χ2v) is 5.26. The number of nitrogens with zero attached hydrogens (tertiary/aromatic N) is 1. The van der Waals surface area contributed by atoms with E-state index in [-0.39, 0.29) is 0 Å². The van der Waals surface area contributed by atoms with Crippen LogP contribution in [0.4, 0.5) is 14.5 Å². The van der Waals surface area contributed by atoms with Crippen LogP contribution in [0.5, 0.6) is 0 Å². The molecular weight excluding hydrogens is 256 g/mol. The van der Waals surface area contributed by atoms with E-state index in [0.717, 1.165) is 28.8 Å². The molecule has 0 spiro atoms. The molecule has 20 heavy (non-hydrogen) atoms. The number of halogens is 2. The van der Waals surface area contributed by atoms with Crippen molar-refractivity contribution in [2.24, 2.45) is 0 Å². The Bertz CT molecular complexity index is 592. The number of alkyl halides is 2. The van der Waals surface area contributed by atoms with E-state index in [0.29, 0.717) is 6.54 Å². The maximum absolute atomic E-state index is 13.6. The highest BCUT2D eigenvalue weighted by atomic mass is 19.3. The van der Waals surface area contributed by atoms with Gasteiger partial charge in [0.2, 0.25) is 0 Å². The molecule has 3 heteroatoms. The first-order valence-electron chi connectivity index (χ1n) is 6.86. The number of benzene rings is 2. The third-order valence-electron chi connectivity index (χ3n) is 3.94. The van der Waals surface area contributed by atoms with E-state index in [1.54, 1.807) is 0 Å². The number of aryl methyl sites for hydroxylation is 1. The SMILES string of the molecule is Cc1ccc(N2CCc3ccccc3C2C(F)F)cc1. The predicted molar refractivity (Wildman–Crippen MR) is 77.4 cm³/mol. The standard InChI is InChI=1S/C17H17F2N/c1-12-6-8-14(9-7-12)20-11-10-13-4-2-3-5-15(13)16(20)17(18)19/h2-9,16-17H,10-11H2,1H3. The van der Waals surface area contributed by atoms with Crippen molar-refractivity contribution < 1.29 is 8.78 Å². The number of hydrogen-bond acceptors (Lipinski definition) is 1. The minimum atomic E-state index is -2.39. The summed E-state index contributed by atoms with van der Waals surface area (Å²) in [4.78, 5) is 1.83. The summed E-state index contributed by atoms with van der Waals surface area (Å²) >= 11 is 0. The van der Waals surface area contributed by atoms with Gasteiger partial charge in [-0.05, 0) is 36.6 Å². The predicted octanol–water partition coefficient (Wildman–Crippen LogP) is 4.36. The lowest BCUT2D eigenvalue weighted by Crippen LogP contribution is -2.39. The van der Waals surface area contributed by atoms with Crippen LogP contribution in [0, 0.1) is 6.92 Å². The van der Waals surface area contributed by atoms with E-state index >= 15 is 0 Å². The van der Waals surface area contributed by atoms with Crippen LogP contribution in [0.15, 0.2) is 48.5 Å². The lowest BCUT2D eigenvalue weighted by molar-refractivity contribution is 0.109. The van der Waals surface area contributed by atoms with Gasteiger partial charge in [-0.25, -0.2) is 8.78 Å². The molecule has 1 atom stereocenters. The molecule has 0 radical (unpaired) electrons. The molecule has 1 unspecified atom stereocenters. The van der Waals surface area contributed by atoms with Crippen LogP contribution in [0.2, 0.25) is 0 Å². The number of fused-ring (bicyclic) bond motifs is 1. The van der Waals surface area contributed by atoms with Crippen LogP contribution in [-0.4, -0.2) is 13.0 Å². The summed E-state index contributed by atoms with van der Waals surface area (Å²) < 4.78 is 27.1. The van der Waals surface area contributed by atoms with E-state index in [4.69, 9.17) is 0 Å². The molecule has 0 aromatic heterocycles. The minimum absolute atomic E-state index is 0.634. The zero-order valence-electron chi connectivity index (χ0n) is 11.4. The Balaban J connectivity index is 2.02. The Morgan fingerprint density at radius 2 is 1.75 bits per heavy atom. The molecule has 0 saturated heterocycles. The molecule has 2 aromatic carbocycles. The first kappa shape index (κ1) is 13.1. The Kier molecular flexibility index (Phi) is 3.43. The van der Waals surface area contributed by atoms with Gasteiger partial charge in [0.05, 0.1) is 0 Å². The molecule has 1 nitrogen and oxygen atoms in total. The highest BCUT2D eigenvalue weighted by Crippen LogP contribution is 2.37. The maximum Gasteiger partial charge on any atom is 0.262 e. The topological polar surface area (TPSA) is 3.24 Å². The molecule has 0 aliphatic carbocycles. The van der Waals surface area contributed by atoms with E-state index in [2.05, 4.69) is 0 Å². The fourth-order valence-electron chi connectivity index (χ4n) is 2.90. The Morgan fingerprint density at radius 3 is 2.45 bits per heavy atom. The fourth-order valence-corrected chi connectivity index (χ4v) is 2.90. The van der Waals surface area contributed by atoms with Gasteiger partial charge in [-0.3, -0.25) is 0 Å². The first-order valence-corrected chi connectivity index (χ1v) is 6.86. The molecule has 0 amide bonds. The van der Waals surface area contributed by atoms with Gasteiger partial charge in [-0.2, -0.15) is 0 Å². The van der Waals surface area contributed by atoms with E-state index in [9.17, 15) is 8.78 Å². The van der Waals surface area contributed by atoms with Crippen LogP contribution in [0.1, 0.15) is 22.7 Å². The second-order valence-electron chi connectivity index (χ2n) is 5.26. The lowest BCUT2D eigenvalue weighted by Gasteiger charge is -2.38. The van der Waals surface area contributed by atoms with Gasteiger partial charge in [0.1, 0.15) is 6.04 Å². The summed E-state index contributed by atoms with van der Waals surface area (Å²) in [5.74, 6) is 0. The largest absolute Gasteiger partial charge is 0.359 e. The lowest BCUT2D eigenvalue weighted by atomic mass is 9.92. The molecule has 104 valence electrons. The first-order chi connectivity index (χ1) is 9.66. The molecular formula is C17H17F2N. The molecule has 1 heterocycles. The van der Waals surface area contributed by atoms with Crippen LogP contribution in [0.3, 0.4) is 0 Å². The van der Waals surface area contributed by atoms with Crippen LogP contribution in [-0.2, 0) is 6.42 Å². The van der Waals surface area contributed by atoms with Crippen molar-refractivity contribution >= 4 is 5.69 Å². The summed E-state index contributed by atoms with van der Waals surface area (Å²) in [5.41, 5.74) is 3.81. The van der Waals surface area contributed by atoms with Gasteiger partial charge >= 0.3 is 0 Å². The van der Waals surface area contributed by atoms with Gasteiger partial charge < -0.3 is 4.90 Å². The van der Waals surface area contributed by atoms with Crippen molar-refractivity contribution in [1.29, 1.82) is 0 Å². The highest BCUT2D eigenvalue weighted by Gasteiger charge is 2.34. The third-order valence-corrected chi connectivity index (χ3v) is 3.94. The summed E-state index contributed by atoms with van der Waals surface area (Å²) in [6.45, 7) is 2.63. The number of hydrogen-bond donors (Lipinski definition) is 0. The average molecular weight is 273 g/mol. The number of anilines is 1. The van der Waals surface area contributed by atoms with Crippen LogP contribution in [0.25, 0.3) is 0 Å². The van der Waals surface area contributed by atoms with E-state index < -0.39 is 12.5 Å². The zero-order valence-corrected chi connectivity index (χ0v) is 11.4. The minimum Gasteiger partial charge on any atom is -0.359 e. The molecule has 2 aromatic rings. The molecule has 0 saturated carbocycles. The molecule has 0 N–H and O–H groups in total. The molecule has 0 bridgehead atoms. The normalized spacial score (nSPS) is 18.2. The summed E-state index contributed by atoms with van der Waals surface area (Å²) in [6, 6.07) is 14.5. The maximum atomic E-state index is 13.6. The number of rotatable bonds is 2. The van der Waals surface area contributed by atoms with Gasteiger partial charge in [0.15, 0.2) is 0 Å². The Morgan fingerprint density at radius 1 is 1.05 bits per heavy atom. The van der Waals surface area contributed by atoms with E-state index in [1.165, 1.54) is 0 Å². The van der Waals surface area contributed by atoms with Gasteiger partial charge in [-0.15, -0.1) is 0 Å². The smallest absolute Gasteiger partial charge is 0.262 e. The van der Waals surface area contributed by atoms with Crippen molar-refractivity contribution in [2.45, 2.75) is 25.8 Å². The van der Waals surface area contributed by atoms with Crippen molar-refractivity contribution in [3.05, 3.63) is 65.2 Å². The Hall–Kier alpha value is -1.90.